The van der Waals surface area contributed by atoms with Gasteiger partial charge in [-0.15, -0.1) is 0 Å². The lowest BCUT2D eigenvalue weighted by molar-refractivity contribution is 0.322. The second kappa shape index (κ2) is 6.55. The standard InChI is InChI=1S/C13H22BrN3/c1-2-6-13-12(14)11-17(15-13)10-5-9-16-7-3-4-8-16/h11H,2-10H2,1H3. The maximum atomic E-state index is 4.61. The predicted octanol–water partition coefficient (Wildman–Crippen LogP) is 3.08. The lowest BCUT2D eigenvalue weighted by atomic mass is 10.3. The van der Waals surface area contributed by atoms with Gasteiger partial charge in [0, 0.05) is 12.7 Å². The van der Waals surface area contributed by atoms with E-state index in [1.54, 1.807) is 0 Å². The molecule has 0 radical (unpaired) electrons. The number of nitrogens with zero attached hydrogens (tertiary/aromatic N) is 3. The SMILES string of the molecule is CCCc1nn(CCCN2CCCC2)cc1Br. The zero-order valence-corrected chi connectivity index (χ0v) is 12.2. The van der Waals surface area contributed by atoms with Crippen LogP contribution in [0.1, 0.15) is 38.3 Å². The molecule has 1 fully saturated rings. The van der Waals surface area contributed by atoms with Crippen LogP contribution < -0.4 is 0 Å². The van der Waals surface area contributed by atoms with Crippen molar-refractivity contribution in [2.45, 2.75) is 45.6 Å². The second-order valence-corrected chi connectivity index (χ2v) is 5.69. The van der Waals surface area contributed by atoms with Crippen molar-refractivity contribution in [2.24, 2.45) is 0 Å². The number of likely N-dealkylation sites (tertiary alicyclic amines) is 1. The first-order chi connectivity index (χ1) is 8.29. The summed E-state index contributed by atoms with van der Waals surface area (Å²) >= 11 is 3.58. The Balaban J connectivity index is 1.76. The second-order valence-electron chi connectivity index (χ2n) is 4.84. The van der Waals surface area contributed by atoms with E-state index < -0.39 is 0 Å². The van der Waals surface area contributed by atoms with Gasteiger partial charge in [0.25, 0.3) is 0 Å². The summed E-state index contributed by atoms with van der Waals surface area (Å²) in [5.74, 6) is 0. The average molecular weight is 300 g/mol. The fourth-order valence-electron chi connectivity index (χ4n) is 2.42. The summed E-state index contributed by atoms with van der Waals surface area (Å²) in [5, 5.41) is 4.61. The van der Waals surface area contributed by atoms with Gasteiger partial charge in [0.15, 0.2) is 0 Å². The third-order valence-electron chi connectivity index (χ3n) is 3.33. The van der Waals surface area contributed by atoms with Crippen molar-refractivity contribution >= 4 is 15.9 Å². The first kappa shape index (κ1) is 13.1. The van der Waals surface area contributed by atoms with E-state index in [0.717, 1.165) is 19.4 Å². The Bertz CT molecular complexity index is 342. The highest BCUT2D eigenvalue weighted by Gasteiger charge is 2.11. The molecule has 1 aromatic heterocycles. The van der Waals surface area contributed by atoms with Crippen molar-refractivity contribution in [3.63, 3.8) is 0 Å². The van der Waals surface area contributed by atoms with Gasteiger partial charge in [-0.1, -0.05) is 13.3 Å². The minimum absolute atomic E-state index is 1.04. The van der Waals surface area contributed by atoms with Crippen LogP contribution in [-0.2, 0) is 13.0 Å². The normalized spacial score (nSPS) is 16.8. The number of halogens is 1. The van der Waals surface area contributed by atoms with E-state index in [2.05, 4.69) is 43.7 Å². The summed E-state index contributed by atoms with van der Waals surface area (Å²) in [5.41, 5.74) is 1.20. The van der Waals surface area contributed by atoms with Crippen LogP contribution in [0.3, 0.4) is 0 Å². The molecule has 4 heteroatoms. The van der Waals surface area contributed by atoms with E-state index in [1.807, 2.05) is 0 Å². The van der Waals surface area contributed by atoms with Crippen LogP contribution in [-0.4, -0.2) is 34.3 Å². The van der Waals surface area contributed by atoms with Gasteiger partial charge in [0.2, 0.25) is 0 Å². The zero-order chi connectivity index (χ0) is 12.1. The Hall–Kier alpha value is -0.350. The minimum Gasteiger partial charge on any atom is -0.303 e. The smallest absolute Gasteiger partial charge is 0.0766 e. The lowest BCUT2D eigenvalue weighted by Crippen LogP contribution is -2.21. The first-order valence-corrected chi connectivity index (χ1v) is 7.53. The Morgan fingerprint density at radius 1 is 1.29 bits per heavy atom. The van der Waals surface area contributed by atoms with Crippen LogP contribution in [0.4, 0.5) is 0 Å². The molecule has 0 saturated carbocycles. The van der Waals surface area contributed by atoms with Gasteiger partial charge in [-0.05, 0) is 61.2 Å². The van der Waals surface area contributed by atoms with Crippen molar-refractivity contribution in [1.29, 1.82) is 0 Å². The molecule has 17 heavy (non-hydrogen) atoms. The maximum Gasteiger partial charge on any atom is 0.0766 e. The van der Waals surface area contributed by atoms with Gasteiger partial charge in [0.05, 0.1) is 10.2 Å². The maximum absolute atomic E-state index is 4.61. The van der Waals surface area contributed by atoms with E-state index >= 15 is 0 Å². The lowest BCUT2D eigenvalue weighted by Gasteiger charge is -2.13. The highest BCUT2D eigenvalue weighted by Crippen LogP contribution is 2.16. The Morgan fingerprint density at radius 2 is 2.06 bits per heavy atom. The average Bonchev–Trinajstić information content (AvgIpc) is 2.91. The van der Waals surface area contributed by atoms with Gasteiger partial charge in [-0.25, -0.2) is 0 Å². The van der Waals surface area contributed by atoms with E-state index in [4.69, 9.17) is 0 Å². The molecule has 1 aromatic rings. The molecule has 0 N–H and O–H groups in total. The predicted molar refractivity (Wildman–Crippen MR) is 74.2 cm³/mol. The molecule has 0 bridgehead atoms. The molecule has 0 aliphatic carbocycles. The number of aromatic nitrogens is 2. The topological polar surface area (TPSA) is 21.1 Å². The van der Waals surface area contributed by atoms with Gasteiger partial charge in [-0.3, -0.25) is 4.68 Å². The summed E-state index contributed by atoms with van der Waals surface area (Å²) in [4.78, 5) is 2.56. The molecule has 2 rings (SSSR count). The molecular formula is C13H22BrN3. The van der Waals surface area contributed by atoms with Gasteiger partial charge < -0.3 is 4.90 Å². The summed E-state index contributed by atoms with van der Waals surface area (Å²) in [7, 11) is 0. The van der Waals surface area contributed by atoms with Crippen LogP contribution in [0.25, 0.3) is 0 Å². The summed E-state index contributed by atoms with van der Waals surface area (Å²) in [6.45, 7) is 7.05. The van der Waals surface area contributed by atoms with Crippen molar-refractivity contribution < 1.29 is 0 Å². The van der Waals surface area contributed by atoms with Crippen molar-refractivity contribution in [3.05, 3.63) is 16.4 Å². The summed E-state index contributed by atoms with van der Waals surface area (Å²) < 4.78 is 3.26. The molecule has 1 aliphatic rings. The number of aryl methyl sites for hydroxylation is 2. The Kier molecular flexibility index (Phi) is 5.04. The molecule has 1 saturated heterocycles. The third kappa shape index (κ3) is 3.81. The van der Waals surface area contributed by atoms with E-state index in [9.17, 15) is 0 Å². The molecule has 0 amide bonds. The molecule has 0 aromatic carbocycles. The zero-order valence-electron chi connectivity index (χ0n) is 10.7. The summed E-state index contributed by atoms with van der Waals surface area (Å²) in [6, 6.07) is 0. The third-order valence-corrected chi connectivity index (χ3v) is 4.00. The van der Waals surface area contributed by atoms with Crippen LogP contribution in [0.15, 0.2) is 10.7 Å². The quantitative estimate of drug-likeness (QED) is 0.805. The molecule has 96 valence electrons. The van der Waals surface area contributed by atoms with Gasteiger partial charge in [0.1, 0.15) is 0 Å². The van der Waals surface area contributed by atoms with Crippen LogP contribution in [0.2, 0.25) is 0 Å². The van der Waals surface area contributed by atoms with Gasteiger partial charge >= 0.3 is 0 Å². The monoisotopic (exact) mass is 299 g/mol. The van der Waals surface area contributed by atoms with Crippen LogP contribution in [0.5, 0.6) is 0 Å². The number of hydrogen-bond acceptors (Lipinski definition) is 2. The van der Waals surface area contributed by atoms with Gasteiger partial charge in [-0.2, -0.15) is 5.10 Å². The molecule has 1 aliphatic heterocycles. The number of hydrogen-bond donors (Lipinski definition) is 0. The fraction of sp³-hybridized carbons (Fsp3) is 0.769. The van der Waals surface area contributed by atoms with E-state index in [0.29, 0.717) is 0 Å². The molecular weight excluding hydrogens is 278 g/mol. The minimum atomic E-state index is 1.04. The van der Waals surface area contributed by atoms with Crippen molar-refractivity contribution in [1.82, 2.24) is 14.7 Å². The Morgan fingerprint density at radius 3 is 2.76 bits per heavy atom. The van der Waals surface area contributed by atoms with E-state index in [-0.39, 0.29) is 0 Å². The Labute approximate surface area is 112 Å². The largest absolute Gasteiger partial charge is 0.303 e. The van der Waals surface area contributed by atoms with E-state index in [1.165, 1.54) is 49.1 Å². The van der Waals surface area contributed by atoms with Crippen molar-refractivity contribution in [3.8, 4) is 0 Å². The fourth-order valence-corrected chi connectivity index (χ4v) is 2.93. The molecule has 2 heterocycles. The van der Waals surface area contributed by atoms with Crippen molar-refractivity contribution in [2.75, 3.05) is 19.6 Å². The summed E-state index contributed by atoms with van der Waals surface area (Å²) in [6.07, 6.45) is 8.32. The van der Waals surface area contributed by atoms with Crippen LogP contribution >= 0.6 is 15.9 Å². The highest BCUT2D eigenvalue weighted by atomic mass is 79.9. The molecule has 0 atom stereocenters. The highest BCUT2D eigenvalue weighted by molar-refractivity contribution is 9.10. The molecule has 3 nitrogen and oxygen atoms in total. The molecule has 0 unspecified atom stereocenters. The number of rotatable bonds is 6. The molecule has 0 spiro atoms. The first-order valence-electron chi connectivity index (χ1n) is 6.74. The van der Waals surface area contributed by atoms with Crippen LogP contribution in [0, 0.1) is 0 Å².